The van der Waals surface area contributed by atoms with Gasteiger partial charge in [0.15, 0.2) is 0 Å². The molecule has 0 aliphatic carbocycles. The third-order valence-electron chi connectivity index (χ3n) is 3.00. The minimum atomic E-state index is -3.93. The van der Waals surface area contributed by atoms with Crippen molar-refractivity contribution in [2.75, 3.05) is 10.5 Å². The van der Waals surface area contributed by atoms with Gasteiger partial charge in [-0.15, -0.1) is 0 Å². The Bertz CT molecular complexity index is 782. The van der Waals surface area contributed by atoms with E-state index in [2.05, 4.69) is 4.72 Å². The lowest BCUT2D eigenvalue weighted by atomic mass is 10.2. The van der Waals surface area contributed by atoms with Gasteiger partial charge >= 0.3 is 0 Å². The van der Waals surface area contributed by atoms with E-state index in [0.717, 1.165) is 12.1 Å². The van der Waals surface area contributed by atoms with Gasteiger partial charge in [0.1, 0.15) is 11.6 Å². The molecule has 0 aromatic heterocycles. The highest BCUT2D eigenvalue weighted by Gasteiger charge is 2.18. The summed E-state index contributed by atoms with van der Waals surface area (Å²) in [6, 6.07) is 5.91. The van der Waals surface area contributed by atoms with E-state index < -0.39 is 21.7 Å². The summed E-state index contributed by atoms with van der Waals surface area (Å²) in [5, 5.41) is 0. The maximum Gasteiger partial charge on any atom is 0.261 e. The highest BCUT2D eigenvalue weighted by atomic mass is 32.2. The van der Waals surface area contributed by atoms with Gasteiger partial charge in [-0.25, -0.2) is 17.2 Å². The highest BCUT2D eigenvalue weighted by molar-refractivity contribution is 7.92. The Hall–Kier alpha value is -2.15. The molecule has 7 heteroatoms. The van der Waals surface area contributed by atoms with E-state index in [-0.39, 0.29) is 21.8 Å². The topological polar surface area (TPSA) is 72.2 Å². The Morgan fingerprint density at radius 1 is 1.05 bits per heavy atom. The first-order valence-electron chi connectivity index (χ1n) is 6.05. The van der Waals surface area contributed by atoms with Crippen molar-refractivity contribution in [2.45, 2.75) is 18.7 Å². The molecule has 4 nitrogen and oxygen atoms in total. The number of aryl methyl sites for hydroxylation is 2. The van der Waals surface area contributed by atoms with Crippen molar-refractivity contribution in [3.05, 3.63) is 53.1 Å². The summed E-state index contributed by atoms with van der Waals surface area (Å²) in [6.07, 6.45) is 0. The minimum absolute atomic E-state index is 0.131. The molecule has 0 atom stereocenters. The third kappa shape index (κ3) is 3.13. The smallest absolute Gasteiger partial charge is 0.261 e. The van der Waals surface area contributed by atoms with E-state index in [0.29, 0.717) is 5.56 Å². The van der Waals surface area contributed by atoms with Crippen molar-refractivity contribution in [1.82, 2.24) is 0 Å². The lowest BCUT2D eigenvalue weighted by molar-refractivity contribution is 0.598. The molecule has 0 saturated carbocycles. The standard InChI is InChI=1S/C14H14F2N2O2S/c1-8-5-10(15)3-4-13(8)18-21(19,20)11-6-9(2)14(16)12(17)7-11/h3-7,18H,17H2,1-2H3. The quantitative estimate of drug-likeness (QED) is 0.856. The molecule has 2 rings (SSSR count). The molecule has 0 aliphatic heterocycles. The monoisotopic (exact) mass is 312 g/mol. The number of nitrogens with one attached hydrogen (secondary N) is 1. The van der Waals surface area contributed by atoms with Crippen LogP contribution in [0, 0.1) is 25.5 Å². The van der Waals surface area contributed by atoms with E-state index in [1.165, 1.54) is 25.1 Å². The van der Waals surface area contributed by atoms with Crippen molar-refractivity contribution >= 4 is 21.4 Å². The van der Waals surface area contributed by atoms with Crippen LogP contribution in [-0.2, 0) is 10.0 Å². The highest BCUT2D eigenvalue weighted by Crippen LogP contribution is 2.24. The van der Waals surface area contributed by atoms with E-state index in [9.17, 15) is 17.2 Å². The molecule has 0 amide bonds. The van der Waals surface area contributed by atoms with E-state index in [4.69, 9.17) is 5.73 Å². The summed E-state index contributed by atoms with van der Waals surface area (Å²) in [4.78, 5) is -0.150. The zero-order chi connectivity index (χ0) is 15.8. The zero-order valence-corrected chi connectivity index (χ0v) is 12.3. The Balaban J connectivity index is 2.43. The summed E-state index contributed by atoms with van der Waals surface area (Å²) < 4.78 is 53.3. The van der Waals surface area contributed by atoms with Crippen molar-refractivity contribution in [3.63, 3.8) is 0 Å². The summed E-state index contributed by atoms with van der Waals surface area (Å²) in [5.41, 5.74) is 6.01. The van der Waals surface area contributed by atoms with Crippen molar-refractivity contribution in [3.8, 4) is 0 Å². The predicted molar refractivity (Wildman–Crippen MR) is 77.5 cm³/mol. The first-order chi connectivity index (χ1) is 9.70. The molecule has 2 aromatic carbocycles. The van der Waals surface area contributed by atoms with Gasteiger partial charge in [0.25, 0.3) is 10.0 Å². The number of nitrogens with two attached hydrogens (primary N) is 1. The van der Waals surface area contributed by atoms with Gasteiger partial charge in [-0.05, 0) is 55.3 Å². The van der Waals surface area contributed by atoms with E-state index in [1.807, 2.05) is 0 Å². The van der Waals surface area contributed by atoms with Gasteiger partial charge in [-0.1, -0.05) is 0 Å². The third-order valence-corrected chi connectivity index (χ3v) is 4.34. The van der Waals surface area contributed by atoms with Crippen molar-refractivity contribution in [1.29, 1.82) is 0 Å². The zero-order valence-electron chi connectivity index (χ0n) is 11.4. The number of hydrogen-bond donors (Lipinski definition) is 2. The molecule has 2 aromatic rings. The van der Waals surface area contributed by atoms with Gasteiger partial charge in [0, 0.05) is 0 Å². The molecule has 0 aliphatic rings. The fourth-order valence-electron chi connectivity index (χ4n) is 1.86. The average molecular weight is 312 g/mol. The Morgan fingerprint density at radius 2 is 1.71 bits per heavy atom. The van der Waals surface area contributed by atoms with Crippen molar-refractivity contribution < 1.29 is 17.2 Å². The van der Waals surface area contributed by atoms with Crippen LogP contribution < -0.4 is 10.5 Å². The van der Waals surface area contributed by atoms with Crippen LogP contribution in [-0.4, -0.2) is 8.42 Å². The average Bonchev–Trinajstić information content (AvgIpc) is 2.38. The Labute approximate surface area is 121 Å². The number of rotatable bonds is 3. The second-order valence-electron chi connectivity index (χ2n) is 4.71. The van der Waals surface area contributed by atoms with Crippen LogP contribution in [0.5, 0.6) is 0 Å². The van der Waals surface area contributed by atoms with Crippen LogP contribution in [0.25, 0.3) is 0 Å². The van der Waals surface area contributed by atoms with Gasteiger partial charge < -0.3 is 5.73 Å². The lowest BCUT2D eigenvalue weighted by Crippen LogP contribution is -2.15. The molecule has 0 radical (unpaired) electrons. The van der Waals surface area contributed by atoms with Crippen LogP contribution in [0.2, 0.25) is 0 Å². The number of anilines is 2. The van der Waals surface area contributed by atoms with Gasteiger partial charge in [0.2, 0.25) is 0 Å². The van der Waals surface area contributed by atoms with Gasteiger partial charge in [-0.2, -0.15) is 0 Å². The molecule has 0 heterocycles. The maximum atomic E-state index is 13.5. The number of nitrogen functional groups attached to an aromatic ring is 1. The fraction of sp³-hybridized carbons (Fsp3) is 0.143. The van der Waals surface area contributed by atoms with Crippen LogP contribution in [0.1, 0.15) is 11.1 Å². The summed E-state index contributed by atoms with van der Waals surface area (Å²) in [6.45, 7) is 3.00. The van der Waals surface area contributed by atoms with Crippen LogP contribution in [0.3, 0.4) is 0 Å². The second-order valence-corrected chi connectivity index (χ2v) is 6.39. The number of benzene rings is 2. The maximum absolute atomic E-state index is 13.5. The van der Waals surface area contributed by atoms with Crippen LogP contribution in [0.4, 0.5) is 20.2 Å². The van der Waals surface area contributed by atoms with Crippen LogP contribution in [0.15, 0.2) is 35.2 Å². The first kappa shape index (κ1) is 15.2. The molecule has 0 bridgehead atoms. The number of sulfonamides is 1. The molecular formula is C14H14F2N2O2S. The van der Waals surface area contributed by atoms with Gasteiger partial charge in [0.05, 0.1) is 16.3 Å². The summed E-state index contributed by atoms with van der Waals surface area (Å²) in [7, 11) is -3.93. The molecule has 3 N–H and O–H groups in total. The minimum Gasteiger partial charge on any atom is -0.396 e. The van der Waals surface area contributed by atoms with Crippen molar-refractivity contribution in [2.24, 2.45) is 0 Å². The molecule has 0 saturated heterocycles. The molecule has 0 fully saturated rings. The largest absolute Gasteiger partial charge is 0.396 e. The van der Waals surface area contributed by atoms with E-state index in [1.54, 1.807) is 6.92 Å². The fourth-order valence-corrected chi connectivity index (χ4v) is 3.11. The predicted octanol–water partition coefficient (Wildman–Crippen LogP) is 2.96. The Morgan fingerprint density at radius 3 is 2.29 bits per heavy atom. The summed E-state index contributed by atoms with van der Waals surface area (Å²) >= 11 is 0. The molecule has 21 heavy (non-hydrogen) atoms. The molecule has 112 valence electrons. The normalized spacial score (nSPS) is 11.4. The number of halogens is 2. The molecule has 0 unspecified atom stereocenters. The number of hydrogen-bond acceptors (Lipinski definition) is 3. The molecule has 0 spiro atoms. The lowest BCUT2D eigenvalue weighted by Gasteiger charge is -2.12. The summed E-state index contributed by atoms with van der Waals surface area (Å²) in [5.74, 6) is -1.11. The first-order valence-corrected chi connectivity index (χ1v) is 7.53. The second kappa shape index (κ2) is 5.33. The van der Waals surface area contributed by atoms with Crippen LogP contribution >= 0.6 is 0 Å². The Kier molecular flexibility index (Phi) is 3.87. The van der Waals surface area contributed by atoms with E-state index >= 15 is 0 Å². The molecular weight excluding hydrogens is 298 g/mol. The SMILES string of the molecule is Cc1cc(F)ccc1NS(=O)(=O)c1cc(C)c(F)c(N)c1. The van der Waals surface area contributed by atoms with Gasteiger partial charge in [-0.3, -0.25) is 4.72 Å².